The zero-order valence-electron chi connectivity index (χ0n) is 20.6. The lowest BCUT2D eigenvalue weighted by molar-refractivity contribution is -0.134. The van der Waals surface area contributed by atoms with E-state index in [4.69, 9.17) is 9.84 Å². The second-order valence-corrected chi connectivity index (χ2v) is 9.14. The lowest BCUT2D eigenvalue weighted by atomic mass is 9.93. The largest absolute Gasteiger partial charge is 0.450 e. The molecule has 0 aliphatic carbocycles. The minimum Gasteiger partial charge on any atom is -0.450 e. The molecule has 0 bridgehead atoms. The Morgan fingerprint density at radius 1 is 1.00 bits per heavy atom. The first-order valence-corrected chi connectivity index (χ1v) is 12.0. The smallest absolute Gasteiger partial charge is 0.409 e. The van der Waals surface area contributed by atoms with Crippen molar-refractivity contribution in [1.82, 2.24) is 14.8 Å². The van der Waals surface area contributed by atoms with Gasteiger partial charge in [-0.15, -0.1) is 0 Å². The summed E-state index contributed by atoms with van der Waals surface area (Å²) in [6.45, 7) is 11.1. The van der Waals surface area contributed by atoms with E-state index >= 15 is 0 Å². The van der Waals surface area contributed by atoms with Gasteiger partial charge < -0.3 is 9.64 Å². The third-order valence-corrected chi connectivity index (χ3v) is 6.66. The van der Waals surface area contributed by atoms with E-state index in [0.717, 1.165) is 22.4 Å². The molecule has 1 atom stereocenters. The molecule has 7 heteroatoms. The molecule has 0 radical (unpaired) electrons. The molecule has 0 N–H and O–H groups in total. The highest BCUT2D eigenvalue weighted by Gasteiger charge is 2.35. The van der Waals surface area contributed by atoms with Gasteiger partial charge in [-0.05, 0) is 44.4 Å². The Morgan fingerprint density at radius 2 is 1.74 bits per heavy atom. The van der Waals surface area contributed by atoms with Gasteiger partial charge >= 0.3 is 6.09 Å². The molecule has 2 amide bonds. The number of hydrogen-bond donors (Lipinski definition) is 0. The van der Waals surface area contributed by atoms with Crippen molar-refractivity contribution in [3.05, 3.63) is 70.3 Å². The second-order valence-electron chi connectivity index (χ2n) is 9.14. The summed E-state index contributed by atoms with van der Waals surface area (Å²) < 4.78 is 5.10. The minimum absolute atomic E-state index is 0.0161. The van der Waals surface area contributed by atoms with E-state index in [2.05, 4.69) is 56.0 Å². The van der Waals surface area contributed by atoms with Crippen molar-refractivity contribution in [2.24, 2.45) is 5.10 Å². The topological polar surface area (TPSA) is 65.5 Å². The van der Waals surface area contributed by atoms with Crippen molar-refractivity contribution in [1.29, 1.82) is 0 Å². The summed E-state index contributed by atoms with van der Waals surface area (Å²) >= 11 is 0. The zero-order valence-corrected chi connectivity index (χ0v) is 20.6. The Labute approximate surface area is 202 Å². The number of aryl methyl sites for hydroxylation is 3. The number of hydrazone groups is 1. The van der Waals surface area contributed by atoms with Crippen LogP contribution >= 0.6 is 0 Å². The molecule has 1 saturated heterocycles. The molecule has 0 spiro atoms. The van der Waals surface area contributed by atoms with E-state index in [0.29, 0.717) is 39.2 Å². The van der Waals surface area contributed by atoms with Gasteiger partial charge in [-0.2, -0.15) is 5.10 Å². The highest BCUT2D eigenvalue weighted by atomic mass is 16.6. The van der Waals surface area contributed by atoms with E-state index in [-0.39, 0.29) is 24.6 Å². The summed E-state index contributed by atoms with van der Waals surface area (Å²) in [5.74, 6) is -0.0161. The van der Waals surface area contributed by atoms with Gasteiger partial charge in [0.25, 0.3) is 5.91 Å². The van der Waals surface area contributed by atoms with Gasteiger partial charge in [0.2, 0.25) is 0 Å². The van der Waals surface area contributed by atoms with E-state index in [1.807, 2.05) is 12.1 Å². The fourth-order valence-electron chi connectivity index (χ4n) is 4.81. The fourth-order valence-corrected chi connectivity index (χ4v) is 4.81. The third kappa shape index (κ3) is 5.14. The molecule has 2 heterocycles. The molecule has 0 saturated carbocycles. The van der Waals surface area contributed by atoms with Gasteiger partial charge in [-0.25, -0.2) is 9.80 Å². The molecular weight excluding hydrogens is 428 g/mol. The normalized spacial score (nSPS) is 18.7. The molecule has 2 aliphatic heterocycles. The van der Waals surface area contributed by atoms with Crippen LogP contribution in [0.2, 0.25) is 0 Å². The number of rotatable bonds is 5. The molecule has 2 aliphatic rings. The van der Waals surface area contributed by atoms with Crippen LogP contribution in [-0.2, 0) is 9.53 Å². The van der Waals surface area contributed by atoms with Crippen molar-refractivity contribution in [3.8, 4) is 0 Å². The summed E-state index contributed by atoms with van der Waals surface area (Å²) in [6, 6.07) is 14.5. The molecule has 0 unspecified atom stereocenters. The molecule has 0 aromatic heterocycles. The van der Waals surface area contributed by atoms with Gasteiger partial charge in [0, 0.05) is 38.2 Å². The number of piperazine rings is 1. The minimum atomic E-state index is -0.282. The number of hydrogen-bond acceptors (Lipinski definition) is 5. The van der Waals surface area contributed by atoms with Crippen molar-refractivity contribution < 1.29 is 14.3 Å². The standard InChI is InChI=1S/C27H34N4O3/c1-5-34-27(33)30-14-12-29(13-15-30)18-26(32)31-25(23-9-7-6-8-20(23)3)17-24(28-31)22-11-10-19(2)16-21(22)4/h6-11,16,25H,5,12-15,17-18H2,1-4H3/t25-/m0/s1. The molecule has 1 fully saturated rings. The van der Waals surface area contributed by atoms with Crippen LogP contribution in [0.4, 0.5) is 4.79 Å². The van der Waals surface area contributed by atoms with E-state index in [1.54, 1.807) is 16.8 Å². The van der Waals surface area contributed by atoms with Crippen LogP contribution < -0.4 is 0 Å². The summed E-state index contributed by atoms with van der Waals surface area (Å²) in [7, 11) is 0. The van der Waals surface area contributed by atoms with Gasteiger partial charge in [-0.3, -0.25) is 9.69 Å². The maximum absolute atomic E-state index is 13.5. The summed E-state index contributed by atoms with van der Waals surface area (Å²) in [5.41, 5.74) is 6.72. The molecule has 4 rings (SSSR count). The zero-order chi connectivity index (χ0) is 24.2. The monoisotopic (exact) mass is 462 g/mol. The average molecular weight is 463 g/mol. The summed E-state index contributed by atoms with van der Waals surface area (Å²) in [4.78, 5) is 29.3. The van der Waals surface area contributed by atoms with Crippen LogP contribution in [0.3, 0.4) is 0 Å². The molecule has 7 nitrogen and oxygen atoms in total. The van der Waals surface area contributed by atoms with E-state index in [1.165, 1.54) is 11.1 Å². The lowest BCUT2D eigenvalue weighted by Gasteiger charge is -2.34. The number of ether oxygens (including phenoxy) is 1. The highest BCUT2D eigenvalue weighted by molar-refractivity contribution is 6.04. The van der Waals surface area contributed by atoms with Crippen molar-refractivity contribution in [3.63, 3.8) is 0 Å². The van der Waals surface area contributed by atoms with Crippen molar-refractivity contribution in [2.75, 3.05) is 39.3 Å². The van der Waals surface area contributed by atoms with Crippen LogP contribution in [0.5, 0.6) is 0 Å². The van der Waals surface area contributed by atoms with Gasteiger partial charge in [0.1, 0.15) is 0 Å². The van der Waals surface area contributed by atoms with Gasteiger partial charge in [-0.1, -0.05) is 48.0 Å². The van der Waals surface area contributed by atoms with Crippen LogP contribution in [-0.4, -0.2) is 71.9 Å². The van der Waals surface area contributed by atoms with Crippen LogP contribution in [0.1, 0.15) is 47.2 Å². The predicted octanol–water partition coefficient (Wildman–Crippen LogP) is 4.06. The average Bonchev–Trinajstić information content (AvgIpc) is 3.25. The van der Waals surface area contributed by atoms with Gasteiger partial charge in [0.05, 0.1) is 24.9 Å². The Hall–Kier alpha value is -3.19. The SMILES string of the molecule is CCOC(=O)N1CCN(CC(=O)N2N=C(c3ccc(C)cc3C)C[C@H]2c2ccccc2C)CC1. The van der Waals surface area contributed by atoms with Gasteiger partial charge in [0.15, 0.2) is 0 Å². The maximum Gasteiger partial charge on any atom is 0.409 e. The quantitative estimate of drug-likeness (QED) is 0.672. The maximum atomic E-state index is 13.5. The molecule has 180 valence electrons. The Morgan fingerprint density at radius 3 is 2.41 bits per heavy atom. The van der Waals surface area contributed by atoms with Crippen molar-refractivity contribution >= 4 is 17.7 Å². The molecule has 2 aromatic carbocycles. The highest BCUT2D eigenvalue weighted by Crippen LogP contribution is 2.35. The Balaban J connectivity index is 1.53. The first-order chi connectivity index (χ1) is 16.4. The Bertz CT molecular complexity index is 1090. The summed E-state index contributed by atoms with van der Waals surface area (Å²) in [6.07, 6.45) is 0.410. The number of carbonyl (C=O) groups excluding carboxylic acids is 2. The molecule has 34 heavy (non-hydrogen) atoms. The van der Waals surface area contributed by atoms with Crippen LogP contribution in [0.15, 0.2) is 47.6 Å². The number of nitrogens with zero attached hydrogens (tertiary/aromatic N) is 4. The Kier molecular flexibility index (Phi) is 7.32. The lowest BCUT2D eigenvalue weighted by Crippen LogP contribution is -2.51. The molecular formula is C27H34N4O3. The molecule has 2 aromatic rings. The number of amides is 2. The van der Waals surface area contributed by atoms with Crippen LogP contribution in [0, 0.1) is 20.8 Å². The fraction of sp³-hybridized carbons (Fsp3) is 0.444. The third-order valence-electron chi connectivity index (χ3n) is 6.66. The van der Waals surface area contributed by atoms with E-state index < -0.39 is 0 Å². The summed E-state index contributed by atoms with van der Waals surface area (Å²) in [5, 5.41) is 6.56. The first-order valence-electron chi connectivity index (χ1n) is 12.0. The van der Waals surface area contributed by atoms with E-state index in [9.17, 15) is 9.59 Å². The first kappa shape index (κ1) is 24.0. The van der Waals surface area contributed by atoms with Crippen LogP contribution in [0.25, 0.3) is 0 Å². The predicted molar refractivity (Wildman–Crippen MR) is 133 cm³/mol. The number of benzene rings is 2. The number of carbonyl (C=O) groups is 2. The van der Waals surface area contributed by atoms with Crippen molar-refractivity contribution in [2.45, 2.75) is 40.2 Å². The second kappa shape index (κ2) is 10.4.